The summed E-state index contributed by atoms with van der Waals surface area (Å²) < 4.78 is 39.7. The smallest absolute Gasteiger partial charge is 0.368 e. The van der Waals surface area contributed by atoms with Crippen LogP contribution in [0.3, 0.4) is 0 Å². The minimum Gasteiger partial charge on any atom is -0.368 e. The predicted octanol–water partition coefficient (Wildman–Crippen LogP) is 4.41. The van der Waals surface area contributed by atoms with Gasteiger partial charge in [-0.1, -0.05) is 6.07 Å². The molecule has 0 atom stereocenters. The van der Waals surface area contributed by atoms with E-state index in [0.29, 0.717) is 48.7 Å². The van der Waals surface area contributed by atoms with E-state index in [2.05, 4.69) is 0 Å². The largest absolute Gasteiger partial charge is 0.416 e. The van der Waals surface area contributed by atoms with Gasteiger partial charge in [-0.25, -0.2) is 0 Å². The van der Waals surface area contributed by atoms with Gasteiger partial charge in [0.15, 0.2) is 5.78 Å². The zero-order chi connectivity index (χ0) is 19.9. The number of thiophene rings is 1. The van der Waals surface area contributed by atoms with Crippen LogP contribution in [0.4, 0.5) is 18.9 Å². The number of piperazine rings is 1. The molecule has 1 amide bonds. The number of rotatable bonds is 2. The number of ketones is 1. The molecule has 0 aliphatic carbocycles. The fourth-order valence-electron chi connectivity index (χ4n) is 3.35. The van der Waals surface area contributed by atoms with E-state index in [0.717, 1.165) is 22.1 Å². The van der Waals surface area contributed by atoms with E-state index in [1.807, 2.05) is 4.90 Å². The van der Waals surface area contributed by atoms with Crippen molar-refractivity contribution in [1.82, 2.24) is 4.90 Å². The highest BCUT2D eigenvalue weighted by Crippen LogP contribution is 2.38. The third kappa shape index (κ3) is 3.77. The van der Waals surface area contributed by atoms with Crippen molar-refractivity contribution < 1.29 is 22.8 Å². The Bertz CT molecular complexity index is 918. The van der Waals surface area contributed by atoms with Crippen molar-refractivity contribution in [2.24, 2.45) is 0 Å². The van der Waals surface area contributed by atoms with Crippen molar-refractivity contribution in [1.29, 1.82) is 0 Å². The summed E-state index contributed by atoms with van der Waals surface area (Å²) in [7, 11) is 0. The Kier molecular flexibility index (Phi) is 5.13. The molecule has 1 fully saturated rings. The second-order valence-electron chi connectivity index (χ2n) is 6.66. The Morgan fingerprint density at radius 3 is 2.50 bits per heavy atom. The fraction of sp³-hybridized carbons (Fsp3) is 0.368. The van der Waals surface area contributed by atoms with Crippen molar-refractivity contribution in [3.05, 3.63) is 46.3 Å². The number of carbonyl (C=O) groups excluding carboxylic acids is 2. The number of fused-ring (bicyclic) bond motifs is 1. The first kappa shape index (κ1) is 19.3. The molecule has 2 aromatic rings. The van der Waals surface area contributed by atoms with Crippen molar-refractivity contribution in [3.8, 4) is 0 Å². The minimum absolute atomic E-state index is 0.0819. The van der Waals surface area contributed by atoms with E-state index in [-0.39, 0.29) is 11.7 Å². The second kappa shape index (κ2) is 7.44. The molecule has 1 saturated heterocycles. The molecule has 3 heterocycles. The van der Waals surface area contributed by atoms with E-state index in [9.17, 15) is 22.8 Å². The second-order valence-corrected chi connectivity index (χ2v) is 9.08. The Morgan fingerprint density at radius 1 is 1.07 bits per heavy atom. The normalized spacial score (nSPS) is 17.6. The van der Waals surface area contributed by atoms with Gasteiger partial charge in [-0.2, -0.15) is 13.2 Å². The monoisotopic (exact) mass is 426 g/mol. The van der Waals surface area contributed by atoms with Crippen LogP contribution in [-0.2, 0) is 6.18 Å². The summed E-state index contributed by atoms with van der Waals surface area (Å²) in [5.74, 6) is 0.713. The molecule has 4 rings (SSSR count). The van der Waals surface area contributed by atoms with Crippen molar-refractivity contribution in [2.75, 3.05) is 36.8 Å². The zero-order valence-corrected chi connectivity index (χ0v) is 16.4. The maximum Gasteiger partial charge on any atom is 0.416 e. The van der Waals surface area contributed by atoms with Gasteiger partial charge in [0.2, 0.25) is 0 Å². The average Bonchev–Trinajstić information content (AvgIpc) is 3.13. The Labute approximate surface area is 168 Å². The van der Waals surface area contributed by atoms with Crippen LogP contribution < -0.4 is 4.90 Å². The number of benzene rings is 1. The summed E-state index contributed by atoms with van der Waals surface area (Å²) in [5, 5.41) is 0. The molecule has 9 heteroatoms. The molecule has 1 aromatic carbocycles. The standard InChI is InChI=1S/C19H17F3N2O2S2/c20-19(21,22)12-2-1-3-13(10-12)23-5-7-24(8-6-23)17(26)16-11-14-15(25)4-9-27-18(14)28-16/h1-3,10-11H,4-9H2. The highest BCUT2D eigenvalue weighted by atomic mass is 32.2. The quantitative estimate of drug-likeness (QED) is 0.714. The SMILES string of the molecule is O=C1CCSc2sc(C(=O)N3CCN(c4cccc(C(F)(F)F)c4)CC3)cc21. The molecule has 4 nitrogen and oxygen atoms in total. The van der Waals surface area contributed by atoms with Gasteiger partial charge in [0.1, 0.15) is 0 Å². The molecule has 0 radical (unpaired) electrons. The van der Waals surface area contributed by atoms with E-state index in [1.165, 1.54) is 17.4 Å². The van der Waals surface area contributed by atoms with Gasteiger partial charge in [-0.15, -0.1) is 23.1 Å². The van der Waals surface area contributed by atoms with E-state index in [1.54, 1.807) is 28.8 Å². The number of Topliss-reactive ketones (excluding diaryl/α,β-unsaturated/α-hetero) is 1. The van der Waals surface area contributed by atoms with Gasteiger partial charge in [0.25, 0.3) is 5.91 Å². The molecule has 1 aromatic heterocycles. The van der Waals surface area contributed by atoms with E-state index < -0.39 is 11.7 Å². The first-order valence-corrected chi connectivity index (χ1v) is 10.6. The molecular formula is C19H17F3N2O2S2. The first-order chi connectivity index (χ1) is 13.3. The zero-order valence-electron chi connectivity index (χ0n) is 14.8. The number of alkyl halides is 3. The molecule has 0 N–H and O–H groups in total. The average molecular weight is 426 g/mol. The van der Waals surface area contributed by atoms with Crippen LogP contribution in [0.2, 0.25) is 0 Å². The molecular weight excluding hydrogens is 409 g/mol. The number of hydrogen-bond donors (Lipinski definition) is 0. The van der Waals surface area contributed by atoms with Crippen LogP contribution in [0.5, 0.6) is 0 Å². The van der Waals surface area contributed by atoms with Crippen molar-refractivity contribution in [2.45, 2.75) is 16.8 Å². The maximum atomic E-state index is 12.9. The minimum atomic E-state index is -4.37. The lowest BCUT2D eigenvalue weighted by Crippen LogP contribution is -2.48. The van der Waals surface area contributed by atoms with Crippen LogP contribution in [0.25, 0.3) is 0 Å². The molecule has 2 aliphatic rings. The third-order valence-electron chi connectivity index (χ3n) is 4.88. The Balaban J connectivity index is 1.43. The van der Waals surface area contributed by atoms with Gasteiger partial charge in [-0.05, 0) is 24.3 Å². The summed E-state index contributed by atoms with van der Waals surface area (Å²) >= 11 is 2.96. The fourth-order valence-corrected chi connectivity index (χ4v) is 5.79. The first-order valence-electron chi connectivity index (χ1n) is 8.84. The molecule has 148 valence electrons. The number of carbonyl (C=O) groups is 2. The number of amides is 1. The molecule has 0 unspecified atom stereocenters. The number of anilines is 1. The molecule has 28 heavy (non-hydrogen) atoms. The molecule has 0 bridgehead atoms. The van der Waals surface area contributed by atoms with Gasteiger partial charge >= 0.3 is 6.18 Å². The predicted molar refractivity (Wildman–Crippen MR) is 104 cm³/mol. The van der Waals surface area contributed by atoms with Crippen LogP contribution in [-0.4, -0.2) is 48.5 Å². The lowest BCUT2D eigenvalue weighted by molar-refractivity contribution is -0.137. The van der Waals surface area contributed by atoms with Gasteiger partial charge < -0.3 is 9.80 Å². The van der Waals surface area contributed by atoms with Crippen LogP contribution >= 0.6 is 23.1 Å². The highest BCUT2D eigenvalue weighted by Gasteiger charge is 2.32. The lowest BCUT2D eigenvalue weighted by atomic mass is 10.1. The third-order valence-corrected chi connectivity index (χ3v) is 7.29. The summed E-state index contributed by atoms with van der Waals surface area (Å²) in [6.45, 7) is 1.79. The molecule has 0 spiro atoms. The Morgan fingerprint density at radius 2 is 1.82 bits per heavy atom. The number of halogens is 3. The van der Waals surface area contributed by atoms with Crippen molar-refractivity contribution in [3.63, 3.8) is 0 Å². The lowest BCUT2D eigenvalue weighted by Gasteiger charge is -2.36. The van der Waals surface area contributed by atoms with E-state index >= 15 is 0 Å². The Hall–Kier alpha value is -2.00. The molecule has 0 saturated carbocycles. The van der Waals surface area contributed by atoms with Gasteiger partial charge in [-0.3, -0.25) is 9.59 Å². The number of nitrogens with zero attached hydrogens (tertiary/aromatic N) is 2. The number of hydrogen-bond acceptors (Lipinski definition) is 5. The number of thioether (sulfide) groups is 1. The van der Waals surface area contributed by atoms with Gasteiger partial charge in [0.05, 0.1) is 14.6 Å². The van der Waals surface area contributed by atoms with Crippen molar-refractivity contribution >= 4 is 40.5 Å². The highest BCUT2D eigenvalue weighted by molar-refractivity contribution is 8.01. The maximum absolute atomic E-state index is 12.9. The summed E-state index contributed by atoms with van der Waals surface area (Å²) in [6, 6.07) is 6.95. The van der Waals surface area contributed by atoms with Crippen LogP contribution in [0, 0.1) is 0 Å². The summed E-state index contributed by atoms with van der Waals surface area (Å²) in [6.07, 6.45) is -3.88. The topological polar surface area (TPSA) is 40.6 Å². The summed E-state index contributed by atoms with van der Waals surface area (Å²) in [4.78, 5) is 28.9. The summed E-state index contributed by atoms with van der Waals surface area (Å²) in [5.41, 5.74) is 0.484. The van der Waals surface area contributed by atoms with Gasteiger partial charge in [0, 0.05) is 49.6 Å². The van der Waals surface area contributed by atoms with E-state index in [4.69, 9.17) is 0 Å². The molecule has 2 aliphatic heterocycles. The van der Waals surface area contributed by atoms with Crippen LogP contribution in [0.15, 0.2) is 34.5 Å². The van der Waals surface area contributed by atoms with Crippen LogP contribution in [0.1, 0.15) is 32.0 Å².